The maximum atomic E-state index is 13.7. The lowest BCUT2D eigenvalue weighted by atomic mass is 10.0. The van der Waals surface area contributed by atoms with Crippen LogP contribution in [0.1, 0.15) is 24.0 Å². The first-order valence-corrected chi connectivity index (χ1v) is 12.5. The number of nitrogens with zero attached hydrogens (tertiary/aromatic N) is 2. The summed E-state index contributed by atoms with van der Waals surface area (Å²) in [7, 11) is -3.80. The Morgan fingerprint density at radius 3 is 2.22 bits per heavy atom. The van der Waals surface area contributed by atoms with E-state index in [0.29, 0.717) is 29.1 Å². The average Bonchev–Trinajstić information content (AvgIpc) is 2.78. The highest BCUT2D eigenvalue weighted by Gasteiger charge is 2.34. The summed E-state index contributed by atoms with van der Waals surface area (Å²) < 4.78 is 42.6. The van der Waals surface area contributed by atoms with Gasteiger partial charge in [0.25, 0.3) is 10.0 Å². The molecule has 0 amide bonds. The van der Waals surface area contributed by atoms with E-state index in [0.717, 1.165) is 19.6 Å². The quantitative estimate of drug-likeness (QED) is 0.465. The van der Waals surface area contributed by atoms with Crippen LogP contribution in [0.5, 0.6) is 0 Å². The second-order valence-electron chi connectivity index (χ2n) is 8.18. The van der Waals surface area contributed by atoms with Gasteiger partial charge in [-0.1, -0.05) is 41.9 Å². The predicted octanol–water partition coefficient (Wildman–Crippen LogP) is 5.65. The van der Waals surface area contributed by atoms with Crippen molar-refractivity contribution >= 4 is 27.3 Å². The van der Waals surface area contributed by atoms with Crippen LogP contribution in [0, 0.1) is 12.7 Å². The van der Waals surface area contributed by atoms with Crippen molar-refractivity contribution in [2.75, 3.05) is 17.4 Å². The van der Waals surface area contributed by atoms with E-state index in [4.69, 9.17) is 11.6 Å². The summed E-state index contributed by atoms with van der Waals surface area (Å²) in [4.78, 5) is 2.61. The smallest absolute Gasteiger partial charge is 0.264 e. The van der Waals surface area contributed by atoms with Crippen molar-refractivity contribution in [2.45, 2.75) is 37.2 Å². The summed E-state index contributed by atoms with van der Waals surface area (Å²) in [5, 5.41) is 0.712. The molecule has 168 valence electrons. The molecule has 0 atom stereocenters. The second-order valence-corrected chi connectivity index (χ2v) is 10.4. The molecule has 3 aromatic carbocycles. The van der Waals surface area contributed by atoms with Crippen molar-refractivity contribution in [3.05, 3.63) is 94.8 Å². The Morgan fingerprint density at radius 2 is 1.59 bits per heavy atom. The predicted molar refractivity (Wildman–Crippen MR) is 127 cm³/mol. The summed E-state index contributed by atoms with van der Waals surface area (Å²) in [5.41, 5.74) is 2.36. The lowest BCUT2D eigenvalue weighted by Crippen LogP contribution is -2.47. The Bertz CT molecular complexity index is 1160. The molecule has 4 nitrogen and oxygen atoms in total. The van der Waals surface area contributed by atoms with Gasteiger partial charge in [0.1, 0.15) is 5.82 Å². The lowest BCUT2D eigenvalue weighted by Gasteiger charge is -2.39. The van der Waals surface area contributed by atoms with Crippen molar-refractivity contribution in [1.29, 1.82) is 0 Å². The molecule has 7 heteroatoms. The maximum absolute atomic E-state index is 13.7. The minimum absolute atomic E-state index is 0.202. The third kappa shape index (κ3) is 4.98. The van der Waals surface area contributed by atoms with E-state index < -0.39 is 10.0 Å². The van der Waals surface area contributed by atoms with Gasteiger partial charge in [-0.3, -0.25) is 9.21 Å². The zero-order chi connectivity index (χ0) is 22.7. The van der Waals surface area contributed by atoms with Crippen LogP contribution in [0.2, 0.25) is 5.02 Å². The number of rotatable bonds is 6. The number of likely N-dealkylation sites (tertiary alicyclic amines) is 1. The number of sulfonamides is 1. The van der Waals surface area contributed by atoms with Crippen molar-refractivity contribution in [3.63, 3.8) is 0 Å². The number of hydrogen-bond acceptors (Lipinski definition) is 3. The van der Waals surface area contributed by atoms with Crippen molar-refractivity contribution in [3.8, 4) is 0 Å². The fourth-order valence-electron chi connectivity index (χ4n) is 4.25. The molecular formula is C25H26ClFN2O2S. The molecule has 1 fully saturated rings. The van der Waals surface area contributed by atoms with Crippen molar-refractivity contribution in [2.24, 2.45) is 0 Å². The Hall–Kier alpha value is -2.41. The highest BCUT2D eigenvalue weighted by Crippen LogP contribution is 2.32. The van der Waals surface area contributed by atoms with Crippen LogP contribution in [-0.4, -0.2) is 32.4 Å². The third-order valence-corrected chi connectivity index (χ3v) is 8.21. The monoisotopic (exact) mass is 472 g/mol. The molecule has 0 saturated carbocycles. The van der Waals surface area contributed by atoms with Crippen LogP contribution in [-0.2, 0) is 16.6 Å². The number of hydrogen-bond donors (Lipinski definition) is 0. The normalized spacial score (nSPS) is 15.6. The Kier molecular flexibility index (Phi) is 6.84. The van der Waals surface area contributed by atoms with Gasteiger partial charge in [0.15, 0.2) is 0 Å². The molecule has 0 unspecified atom stereocenters. The van der Waals surface area contributed by atoms with Gasteiger partial charge in [-0.05, 0) is 73.4 Å². The van der Waals surface area contributed by atoms with Crippen LogP contribution in [0.25, 0.3) is 0 Å². The van der Waals surface area contributed by atoms with Crippen LogP contribution in [0.15, 0.2) is 77.7 Å². The van der Waals surface area contributed by atoms with Crippen molar-refractivity contribution < 1.29 is 12.8 Å². The summed E-state index contributed by atoms with van der Waals surface area (Å²) in [5.74, 6) is -0.389. The Balaban J connectivity index is 1.58. The molecule has 0 aliphatic carbocycles. The number of anilines is 1. The van der Waals surface area contributed by atoms with Gasteiger partial charge in [0, 0.05) is 30.7 Å². The number of piperidine rings is 1. The second kappa shape index (κ2) is 9.61. The van der Waals surface area contributed by atoms with Gasteiger partial charge < -0.3 is 0 Å². The molecule has 0 radical (unpaired) electrons. The van der Waals surface area contributed by atoms with Gasteiger partial charge in [0.2, 0.25) is 0 Å². The first-order valence-electron chi connectivity index (χ1n) is 10.7. The van der Waals surface area contributed by atoms with E-state index in [2.05, 4.69) is 4.90 Å². The molecular weight excluding hydrogens is 447 g/mol. The summed E-state index contributed by atoms with van der Waals surface area (Å²) in [6, 6.07) is 20.3. The molecule has 1 heterocycles. The Morgan fingerprint density at radius 1 is 0.969 bits per heavy atom. The molecule has 0 aromatic heterocycles. The van der Waals surface area contributed by atoms with E-state index in [-0.39, 0.29) is 16.8 Å². The standard InChI is InChI=1S/C25H26ClFN2O2S/c1-19-4-2-3-5-25(19)32(30,31)29(23-12-10-22(27)11-13-23)24-14-16-28(17-15-24)18-20-6-8-21(26)9-7-20/h2-13,24H,14-18H2,1H3. The molecule has 0 bridgehead atoms. The van der Waals surface area contributed by atoms with Crippen LogP contribution in [0.3, 0.4) is 0 Å². The molecule has 1 aliphatic rings. The maximum Gasteiger partial charge on any atom is 0.264 e. The van der Waals surface area contributed by atoms with Crippen molar-refractivity contribution in [1.82, 2.24) is 4.90 Å². The van der Waals surface area contributed by atoms with E-state index in [1.165, 1.54) is 22.0 Å². The third-order valence-electron chi connectivity index (χ3n) is 5.92. The summed E-state index contributed by atoms with van der Waals surface area (Å²) in [6.45, 7) is 4.14. The minimum atomic E-state index is -3.80. The number of aryl methyl sites for hydroxylation is 1. The molecule has 0 N–H and O–H groups in total. The SMILES string of the molecule is Cc1ccccc1S(=O)(=O)N(c1ccc(F)cc1)C1CCN(Cc2ccc(Cl)cc2)CC1. The average molecular weight is 473 g/mol. The molecule has 4 rings (SSSR count). The zero-order valence-corrected chi connectivity index (χ0v) is 19.5. The van der Waals surface area contributed by atoms with Gasteiger partial charge in [-0.2, -0.15) is 0 Å². The lowest BCUT2D eigenvalue weighted by molar-refractivity contribution is 0.206. The van der Waals surface area contributed by atoms with Gasteiger partial charge in [-0.15, -0.1) is 0 Å². The number of benzene rings is 3. The van der Waals surface area contributed by atoms with Crippen LogP contribution in [0.4, 0.5) is 10.1 Å². The highest BCUT2D eigenvalue weighted by atomic mass is 35.5. The highest BCUT2D eigenvalue weighted by molar-refractivity contribution is 7.93. The fraction of sp³-hybridized carbons (Fsp3) is 0.280. The number of halogens is 2. The first kappa shape index (κ1) is 22.8. The fourth-order valence-corrected chi connectivity index (χ4v) is 6.31. The van der Waals surface area contributed by atoms with Crippen LogP contribution >= 0.6 is 11.6 Å². The molecule has 1 saturated heterocycles. The zero-order valence-electron chi connectivity index (χ0n) is 17.9. The minimum Gasteiger partial charge on any atom is -0.299 e. The summed E-state index contributed by atoms with van der Waals surface area (Å²) >= 11 is 5.98. The van der Waals surface area contributed by atoms with E-state index in [9.17, 15) is 12.8 Å². The molecule has 32 heavy (non-hydrogen) atoms. The molecule has 3 aromatic rings. The topological polar surface area (TPSA) is 40.6 Å². The van der Waals surface area contributed by atoms with Gasteiger partial charge in [0.05, 0.1) is 10.6 Å². The molecule has 1 aliphatic heterocycles. The summed E-state index contributed by atoms with van der Waals surface area (Å²) in [6.07, 6.45) is 1.38. The van der Waals surface area contributed by atoms with Crippen LogP contribution < -0.4 is 4.31 Å². The van der Waals surface area contributed by atoms with Gasteiger partial charge in [-0.25, -0.2) is 12.8 Å². The Labute approximate surface area is 194 Å². The van der Waals surface area contributed by atoms with E-state index >= 15 is 0 Å². The van der Waals surface area contributed by atoms with Gasteiger partial charge >= 0.3 is 0 Å². The van der Waals surface area contributed by atoms with E-state index in [1.54, 1.807) is 37.3 Å². The largest absolute Gasteiger partial charge is 0.299 e. The van der Waals surface area contributed by atoms with E-state index in [1.807, 2.05) is 30.3 Å². The molecule has 0 spiro atoms. The first-order chi connectivity index (χ1) is 15.3.